The Morgan fingerprint density at radius 1 is 1.18 bits per heavy atom. The summed E-state index contributed by atoms with van der Waals surface area (Å²) >= 11 is 0. The van der Waals surface area contributed by atoms with E-state index in [4.69, 9.17) is 4.74 Å². The lowest BCUT2D eigenvalue weighted by atomic mass is 10.1. The van der Waals surface area contributed by atoms with Crippen LogP contribution in [-0.2, 0) is 23.1 Å². The summed E-state index contributed by atoms with van der Waals surface area (Å²) in [6.45, 7) is 1.38. The molecule has 3 aromatic rings. The van der Waals surface area contributed by atoms with Crippen molar-refractivity contribution < 1.29 is 19.1 Å². The number of para-hydroxylation sites is 2. The van der Waals surface area contributed by atoms with Crippen molar-refractivity contribution in [3.05, 3.63) is 53.9 Å². The molecule has 1 saturated heterocycles. The molecule has 0 bridgehead atoms. The van der Waals surface area contributed by atoms with Gasteiger partial charge >= 0.3 is 0 Å². The van der Waals surface area contributed by atoms with Crippen LogP contribution in [0.25, 0.3) is 11.0 Å². The van der Waals surface area contributed by atoms with Crippen LogP contribution in [0, 0.1) is 5.92 Å². The summed E-state index contributed by atoms with van der Waals surface area (Å²) in [5.41, 5.74) is 3.07. The largest absolute Gasteiger partial charge is 0.482 e. The monoisotopic (exact) mass is 461 g/mol. The van der Waals surface area contributed by atoms with Crippen LogP contribution in [0.1, 0.15) is 22.6 Å². The average Bonchev–Trinajstić information content (AvgIpc) is 3.47. The first-order chi connectivity index (χ1) is 16.4. The maximum Gasteiger partial charge on any atom is 0.264 e. The van der Waals surface area contributed by atoms with Crippen LogP contribution >= 0.6 is 0 Å². The van der Waals surface area contributed by atoms with Gasteiger partial charge in [-0.15, -0.1) is 0 Å². The van der Waals surface area contributed by atoms with Gasteiger partial charge < -0.3 is 24.4 Å². The van der Waals surface area contributed by atoms with Gasteiger partial charge in [-0.3, -0.25) is 14.4 Å². The Bertz CT molecular complexity index is 1280. The van der Waals surface area contributed by atoms with E-state index < -0.39 is 0 Å². The fourth-order valence-electron chi connectivity index (χ4n) is 4.61. The molecule has 0 saturated carbocycles. The van der Waals surface area contributed by atoms with Crippen LogP contribution < -0.4 is 15.0 Å². The molecule has 9 heteroatoms. The second kappa shape index (κ2) is 8.81. The Balaban J connectivity index is 1.17. The molecular weight excluding hydrogens is 434 g/mol. The number of benzene rings is 2. The first-order valence-electron chi connectivity index (χ1n) is 11.4. The van der Waals surface area contributed by atoms with Crippen LogP contribution in [0.3, 0.4) is 0 Å². The summed E-state index contributed by atoms with van der Waals surface area (Å²) in [4.78, 5) is 45.5. The van der Waals surface area contributed by atoms with E-state index in [0.29, 0.717) is 49.5 Å². The summed E-state index contributed by atoms with van der Waals surface area (Å²) < 4.78 is 7.48. The zero-order valence-corrected chi connectivity index (χ0v) is 19.3. The zero-order valence-electron chi connectivity index (χ0n) is 19.3. The SMILES string of the molecule is CN1C(=O)COc2ccc(C(=O)N3CCC(C(=O)NCCc4nc5ccccc5n4C)C3)cc21. The third-order valence-corrected chi connectivity index (χ3v) is 6.67. The quantitative estimate of drug-likeness (QED) is 0.625. The highest BCUT2D eigenvalue weighted by Crippen LogP contribution is 2.32. The maximum atomic E-state index is 13.0. The van der Waals surface area contributed by atoms with Gasteiger partial charge in [0.05, 0.1) is 22.6 Å². The second-order valence-electron chi connectivity index (χ2n) is 8.78. The van der Waals surface area contributed by atoms with E-state index in [1.807, 2.05) is 35.9 Å². The Hall–Kier alpha value is -3.88. The highest BCUT2D eigenvalue weighted by Gasteiger charge is 2.32. The lowest BCUT2D eigenvalue weighted by Crippen LogP contribution is -2.36. The predicted molar refractivity (Wildman–Crippen MR) is 127 cm³/mol. The van der Waals surface area contributed by atoms with Gasteiger partial charge in [-0.1, -0.05) is 12.1 Å². The number of nitrogens with zero attached hydrogens (tertiary/aromatic N) is 4. The molecule has 9 nitrogen and oxygen atoms in total. The van der Waals surface area contributed by atoms with E-state index in [1.54, 1.807) is 30.1 Å². The lowest BCUT2D eigenvalue weighted by Gasteiger charge is -2.26. The van der Waals surface area contributed by atoms with Gasteiger partial charge in [0, 0.05) is 45.7 Å². The number of aromatic nitrogens is 2. The van der Waals surface area contributed by atoms with Gasteiger partial charge in [-0.2, -0.15) is 0 Å². The number of nitrogens with one attached hydrogen (secondary N) is 1. The summed E-state index contributed by atoms with van der Waals surface area (Å²) in [7, 11) is 3.65. The van der Waals surface area contributed by atoms with E-state index in [-0.39, 0.29) is 30.2 Å². The molecule has 0 radical (unpaired) electrons. The third kappa shape index (κ3) is 3.98. The number of likely N-dealkylation sites (tertiary alicyclic amines) is 1. The van der Waals surface area contributed by atoms with Gasteiger partial charge in [0.2, 0.25) is 5.91 Å². The maximum absolute atomic E-state index is 13.0. The molecular formula is C25H27N5O4. The number of imidazole rings is 1. The number of anilines is 1. The molecule has 2 aromatic carbocycles. The van der Waals surface area contributed by atoms with Crippen molar-refractivity contribution >= 4 is 34.4 Å². The van der Waals surface area contributed by atoms with Crippen LogP contribution in [-0.4, -0.2) is 65.5 Å². The summed E-state index contributed by atoms with van der Waals surface area (Å²) in [5.74, 6) is 0.910. The highest BCUT2D eigenvalue weighted by molar-refractivity contribution is 6.01. The van der Waals surface area contributed by atoms with Crippen molar-refractivity contribution in [2.45, 2.75) is 12.8 Å². The highest BCUT2D eigenvalue weighted by atomic mass is 16.5. The minimum absolute atomic E-state index is 0.00369. The van der Waals surface area contributed by atoms with Crippen molar-refractivity contribution in [3.63, 3.8) is 0 Å². The molecule has 3 amide bonds. The molecule has 1 unspecified atom stereocenters. The molecule has 3 heterocycles. The van der Waals surface area contributed by atoms with E-state index in [9.17, 15) is 14.4 Å². The molecule has 0 spiro atoms. The van der Waals surface area contributed by atoms with Crippen molar-refractivity contribution in [1.29, 1.82) is 0 Å². The molecule has 0 aliphatic carbocycles. The van der Waals surface area contributed by atoms with Crippen LogP contribution in [0.5, 0.6) is 5.75 Å². The normalized spacial score (nSPS) is 17.6. The summed E-state index contributed by atoms with van der Waals surface area (Å²) in [6, 6.07) is 13.1. The predicted octanol–water partition coefficient (Wildman–Crippen LogP) is 1.75. The zero-order chi connectivity index (χ0) is 23.8. The summed E-state index contributed by atoms with van der Waals surface area (Å²) in [5, 5.41) is 3.00. The van der Waals surface area contributed by atoms with Gasteiger partial charge in [-0.25, -0.2) is 4.98 Å². The molecule has 5 rings (SSSR count). The number of hydrogen-bond donors (Lipinski definition) is 1. The Kier molecular flexibility index (Phi) is 5.69. The van der Waals surface area contributed by atoms with Gasteiger partial charge in [0.1, 0.15) is 11.6 Å². The van der Waals surface area contributed by atoms with Crippen molar-refractivity contribution in [3.8, 4) is 5.75 Å². The van der Waals surface area contributed by atoms with Crippen molar-refractivity contribution in [2.24, 2.45) is 13.0 Å². The second-order valence-corrected chi connectivity index (χ2v) is 8.78. The fourth-order valence-corrected chi connectivity index (χ4v) is 4.61. The number of aryl methyl sites for hydroxylation is 1. The molecule has 1 N–H and O–H groups in total. The third-order valence-electron chi connectivity index (χ3n) is 6.67. The standard InChI is InChI=1S/C25H27N5O4/c1-28-19-6-4-3-5-18(19)27-22(28)9-11-26-24(32)17-10-12-30(14-17)25(33)16-7-8-21-20(13-16)29(2)23(31)15-34-21/h3-8,13,17H,9-12,14-15H2,1-2H3,(H,26,32). The molecule has 1 fully saturated rings. The van der Waals surface area contributed by atoms with Gasteiger partial charge in [-0.05, 0) is 36.8 Å². The van der Waals surface area contributed by atoms with E-state index in [2.05, 4.69) is 10.3 Å². The van der Waals surface area contributed by atoms with Crippen LogP contribution in [0.4, 0.5) is 5.69 Å². The molecule has 1 atom stereocenters. The minimum Gasteiger partial charge on any atom is -0.482 e. The fraction of sp³-hybridized carbons (Fsp3) is 0.360. The van der Waals surface area contributed by atoms with Crippen LogP contribution in [0.15, 0.2) is 42.5 Å². The number of amides is 3. The Morgan fingerprint density at radius 2 is 2.00 bits per heavy atom. The average molecular weight is 462 g/mol. The lowest BCUT2D eigenvalue weighted by molar-refractivity contribution is -0.124. The van der Waals surface area contributed by atoms with E-state index in [1.165, 1.54) is 4.90 Å². The van der Waals surface area contributed by atoms with Crippen LogP contribution in [0.2, 0.25) is 0 Å². The Morgan fingerprint density at radius 3 is 2.82 bits per heavy atom. The number of hydrogen-bond acceptors (Lipinski definition) is 5. The van der Waals surface area contributed by atoms with E-state index >= 15 is 0 Å². The molecule has 2 aliphatic rings. The molecule has 1 aromatic heterocycles. The van der Waals surface area contributed by atoms with Crippen molar-refractivity contribution in [2.75, 3.05) is 38.2 Å². The van der Waals surface area contributed by atoms with Crippen molar-refractivity contribution in [1.82, 2.24) is 19.8 Å². The summed E-state index contributed by atoms with van der Waals surface area (Å²) in [6.07, 6.45) is 1.26. The van der Waals surface area contributed by atoms with Gasteiger partial charge in [0.15, 0.2) is 6.61 Å². The molecule has 34 heavy (non-hydrogen) atoms. The first-order valence-corrected chi connectivity index (χ1v) is 11.4. The molecule has 176 valence electrons. The topological polar surface area (TPSA) is 96.8 Å². The number of fused-ring (bicyclic) bond motifs is 2. The number of carbonyl (C=O) groups is 3. The number of ether oxygens (including phenoxy) is 1. The van der Waals surface area contributed by atoms with Gasteiger partial charge in [0.25, 0.3) is 11.8 Å². The molecule has 2 aliphatic heterocycles. The first kappa shape index (κ1) is 21.9. The van der Waals surface area contributed by atoms with E-state index in [0.717, 1.165) is 16.9 Å². The smallest absolute Gasteiger partial charge is 0.264 e. The number of rotatable bonds is 5. The number of likely N-dealkylation sites (N-methyl/N-ethyl adjacent to an activating group) is 1. The number of carbonyl (C=O) groups excluding carboxylic acids is 3. The Labute approximate surface area is 197 Å². The minimum atomic E-state index is -0.241.